The highest BCUT2D eigenvalue weighted by Gasteiger charge is 2.30. The maximum atomic E-state index is 11.2. The van der Waals surface area contributed by atoms with Crippen LogP contribution in [0.3, 0.4) is 0 Å². The van der Waals surface area contributed by atoms with Crippen molar-refractivity contribution < 1.29 is 9.66 Å². The molecule has 3 rings (SSSR count). The fourth-order valence-electron chi connectivity index (χ4n) is 4.07. The number of ether oxygens (including phenoxy) is 1. The van der Waals surface area contributed by atoms with E-state index in [1.807, 2.05) is 6.20 Å². The van der Waals surface area contributed by atoms with Crippen LogP contribution in [0.1, 0.15) is 90.5 Å². The first-order chi connectivity index (χ1) is 16.5. The van der Waals surface area contributed by atoms with Gasteiger partial charge in [0, 0.05) is 18.1 Å². The van der Waals surface area contributed by atoms with Gasteiger partial charge >= 0.3 is 5.82 Å². The summed E-state index contributed by atoms with van der Waals surface area (Å²) in [4.78, 5) is 14.9. The topological polar surface area (TPSA) is 101 Å². The number of hydrogen-bond donors (Lipinski definition) is 0. The number of nitrogens with zero attached hydrogens (tertiary/aromatic N) is 6. The summed E-state index contributed by atoms with van der Waals surface area (Å²) in [6, 6.07) is 4.56. The largest absolute Gasteiger partial charge is 0.487 e. The SMILES string of the molecule is Cc1ncc([N+](=O)[O-])n1CCn1cc(COc2c(C(C)(C)C)cc(C(C)(C)C)cc2C(C)(C)C)nn1. The van der Waals surface area contributed by atoms with Crippen LogP contribution in [0, 0.1) is 17.0 Å². The van der Waals surface area contributed by atoms with E-state index in [0.29, 0.717) is 24.6 Å². The van der Waals surface area contributed by atoms with E-state index < -0.39 is 4.92 Å². The molecule has 0 aliphatic carbocycles. The Balaban J connectivity index is 1.86. The van der Waals surface area contributed by atoms with Gasteiger partial charge in [-0.05, 0) is 26.7 Å². The molecule has 0 aliphatic heterocycles. The van der Waals surface area contributed by atoms with Crippen molar-refractivity contribution in [3.05, 3.63) is 62.8 Å². The average molecular weight is 497 g/mol. The lowest BCUT2D eigenvalue weighted by molar-refractivity contribution is -0.392. The molecule has 0 bridgehead atoms. The summed E-state index contributed by atoms with van der Waals surface area (Å²) >= 11 is 0. The summed E-state index contributed by atoms with van der Waals surface area (Å²) in [5.41, 5.74) is 4.15. The van der Waals surface area contributed by atoms with Crippen LogP contribution in [0.5, 0.6) is 5.75 Å². The van der Waals surface area contributed by atoms with E-state index >= 15 is 0 Å². The van der Waals surface area contributed by atoms with Crippen molar-refractivity contribution in [2.24, 2.45) is 0 Å². The van der Waals surface area contributed by atoms with Crippen LogP contribution in [-0.2, 0) is 35.9 Å². The van der Waals surface area contributed by atoms with Crippen molar-refractivity contribution in [1.82, 2.24) is 24.5 Å². The lowest BCUT2D eigenvalue weighted by atomic mass is 9.74. The van der Waals surface area contributed by atoms with E-state index in [1.165, 1.54) is 22.9 Å². The zero-order valence-electron chi connectivity index (χ0n) is 23.3. The molecule has 2 aromatic heterocycles. The summed E-state index contributed by atoms with van der Waals surface area (Å²) < 4.78 is 9.74. The Kier molecular flexibility index (Phi) is 7.35. The lowest BCUT2D eigenvalue weighted by Crippen LogP contribution is -2.23. The van der Waals surface area contributed by atoms with E-state index in [2.05, 4.69) is 89.7 Å². The molecule has 0 radical (unpaired) electrons. The van der Waals surface area contributed by atoms with Gasteiger partial charge < -0.3 is 14.9 Å². The number of nitro groups is 1. The molecular weight excluding hydrogens is 456 g/mol. The average Bonchev–Trinajstić information content (AvgIpc) is 3.34. The van der Waals surface area contributed by atoms with Crippen LogP contribution in [0.4, 0.5) is 5.82 Å². The number of rotatable bonds is 7. The Hall–Kier alpha value is -3.23. The minimum Gasteiger partial charge on any atom is -0.487 e. The third kappa shape index (κ3) is 6.12. The number of imidazole rings is 1. The predicted molar refractivity (Wildman–Crippen MR) is 141 cm³/mol. The van der Waals surface area contributed by atoms with Gasteiger partial charge in [-0.3, -0.25) is 0 Å². The molecule has 0 saturated carbocycles. The first-order valence-corrected chi connectivity index (χ1v) is 12.4. The quantitative estimate of drug-likeness (QED) is 0.300. The Labute approximate surface area is 214 Å². The molecule has 36 heavy (non-hydrogen) atoms. The molecule has 0 unspecified atom stereocenters. The molecule has 0 atom stereocenters. The second kappa shape index (κ2) is 9.67. The molecule has 2 heterocycles. The number of benzene rings is 1. The highest BCUT2D eigenvalue weighted by Crippen LogP contribution is 2.43. The molecule has 0 amide bonds. The Morgan fingerprint density at radius 2 is 1.53 bits per heavy atom. The van der Waals surface area contributed by atoms with E-state index in [9.17, 15) is 10.1 Å². The van der Waals surface area contributed by atoms with Crippen molar-refractivity contribution in [3.63, 3.8) is 0 Å². The normalized spacial score (nSPS) is 12.7. The molecule has 0 fully saturated rings. The highest BCUT2D eigenvalue weighted by molar-refractivity contribution is 5.52. The number of aromatic nitrogens is 5. The molecule has 0 saturated heterocycles. The summed E-state index contributed by atoms with van der Waals surface area (Å²) in [6.45, 7) is 22.8. The van der Waals surface area contributed by atoms with Gasteiger partial charge in [0.05, 0.1) is 12.7 Å². The lowest BCUT2D eigenvalue weighted by Gasteiger charge is -2.33. The minimum atomic E-state index is -0.425. The molecule has 9 nitrogen and oxygen atoms in total. The van der Waals surface area contributed by atoms with Crippen LogP contribution in [0.25, 0.3) is 0 Å². The van der Waals surface area contributed by atoms with E-state index in [1.54, 1.807) is 16.2 Å². The van der Waals surface area contributed by atoms with E-state index in [-0.39, 0.29) is 28.7 Å². The van der Waals surface area contributed by atoms with E-state index in [0.717, 1.165) is 5.75 Å². The first-order valence-electron chi connectivity index (χ1n) is 12.4. The maximum absolute atomic E-state index is 11.2. The minimum absolute atomic E-state index is 0.0177. The molecule has 9 heteroatoms. The monoisotopic (exact) mass is 496 g/mol. The summed E-state index contributed by atoms with van der Waals surface area (Å²) in [5, 5.41) is 19.7. The van der Waals surface area contributed by atoms with Crippen LogP contribution < -0.4 is 4.74 Å². The molecule has 196 valence electrons. The Morgan fingerprint density at radius 1 is 0.944 bits per heavy atom. The second-order valence-corrected chi connectivity index (χ2v) is 12.5. The van der Waals surface area contributed by atoms with Crippen LogP contribution in [0.2, 0.25) is 0 Å². The molecular formula is C27H40N6O3. The molecule has 0 aliphatic rings. The Bertz CT molecular complexity index is 1200. The van der Waals surface area contributed by atoms with Gasteiger partial charge in [-0.2, -0.15) is 0 Å². The third-order valence-corrected chi connectivity index (χ3v) is 6.30. The zero-order valence-corrected chi connectivity index (χ0v) is 23.3. The predicted octanol–water partition coefficient (Wildman–Crippen LogP) is 5.86. The van der Waals surface area contributed by atoms with Crippen LogP contribution >= 0.6 is 0 Å². The van der Waals surface area contributed by atoms with Gasteiger partial charge in [0.15, 0.2) is 5.82 Å². The van der Waals surface area contributed by atoms with Crippen molar-refractivity contribution in [1.29, 1.82) is 0 Å². The second-order valence-electron chi connectivity index (χ2n) is 12.5. The number of aryl methyl sites for hydroxylation is 2. The summed E-state index contributed by atoms with van der Waals surface area (Å²) in [7, 11) is 0. The fourth-order valence-corrected chi connectivity index (χ4v) is 4.07. The van der Waals surface area contributed by atoms with Crippen molar-refractivity contribution in [2.75, 3.05) is 0 Å². The van der Waals surface area contributed by atoms with Crippen molar-refractivity contribution in [2.45, 2.75) is 105 Å². The molecule has 0 spiro atoms. The van der Waals surface area contributed by atoms with Gasteiger partial charge in [-0.25, -0.2) is 14.2 Å². The van der Waals surface area contributed by atoms with Crippen molar-refractivity contribution in [3.8, 4) is 5.75 Å². The number of hydrogen-bond acceptors (Lipinski definition) is 6. The summed E-state index contributed by atoms with van der Waals surface area (Å²) in [5.74, 6) is 1.47. The molecule has 3 aromatic rings. The Morgan fingerprint density at radius 3 is 2.03 bits per heavy atom. The van der Waals surface area contributed by atoms with Crippen LogP contribution in [-0.4, -0.2) is 29.5 Å². The summed E-state index contributed by atoms with van der Waals surface area (Å²) in [6.07, 6.45) is 3.11. The standard InChI is InChI=1S/C27H40N6O3/c1-18-28-15-23(33(34)35)32(18)12-11-31-16-20(29-30-31)17-36-24-21(26(5,6)7)13-19(25(2,3)4)14-22(24)27(8,9)10/h13-16H,11-12,17H2,1-10H3. The smallest absolute Gasteiger partial charge is 0.342 e. The molecule has 0 N–H and O–H groups in total. The first kappa shape index (κ1) is 27.4. The van der Waals surface area contributed by atoms with Crippen LogP contribution in [0.15, 0.2) is 24.5 Å². The van der Waals surface area contributed by atoms with Gasteiger partial charge in [0.25, 0.3) is 0 Å². The highest BCUT2D eigenvalue weighted by atomic mass is 16.6. The molecule has 1 aromatic carbocycles. The fraction of sp³-hybridized carbons (Fsp3) is 0.593. The van der Waals surface area contributed by atoms with Gasteiger partial charge in [-0.15, -0.1) is 5.10 Å². The third-order valence-electron chi connectivity index (χ3n) is 6.30. The van der Waals surface area contributed by atoms with Crippen molar-refractivity contribution >= 4 is 5.82 Å². The van der Waals surface area contributed by atoms with E-state index in [4.69, 9.17) is 4.74 Å². The van der Waals surface area contributed by atoms with Gasteiger partial charge in [0.1, 0.15) is 30.8 Å². The van der Waals surface area contributed by atoms with Gasteiger partial charge in [-0.1, -0.05) is 79.7 Å². The van der Waals surface area contributed by atoms with Gasteiger partial charge in [0.2, 0.25) is 0 Å². The zero-order chi connectivity index (χ0) is 27.1. The maximum Gasteiger partial charge on any atom is 0.342 e.